The first-order valence-corrected chi connectivity index (χ1v) is 6.40. The molecule has 0 aliphatic carbocycles. The number of amides is 1. The largest absolute Gasteiger partial charge is 0.481 e. The fourth-order valence-electron chi connectivity index (χ4n) is 2.60. The molecule has 1 heterocycles. The van der Waals surface area contributed by atoms with Gasteiger partial charge in [-0.3, -0.25) is 9.59 Å². The van der Waals surface area contributed by atoms with Gasteiger partial charge in [-0.15, -0.1) is 0 Å². The Hall–Kier alpha value is -1.48. The summed E-state index contributed by atoms with van der Waals surface area (Å²) in [4.78, 5) is 22.3. The number of carboxylic acid groups (broad SMARTS) is 1. The second-order valence-electron chi connectivity index (χ2n) is 5.74. The number of carbonyl (C=O) groups excluding carboxylic acids is 1. The van der Waals surface area contributed by atoms with Crippen LogP contribution in [0, 0.1) is 5.41 Å². The molecular weight excluding hydrogens is 320 g/mol. The zero-order chi connectivity index (χ0) is 17.5. The van der Waals surface area contributed by atoms with Gasteiger partial charge in [0.05, 0.1) is 5.41 Å². The highest BCUT2D eigenvalue weighted by Gasteiger charge is 2.58. The van der Waals surface area contributed by atoms with Crippen molar-refractivity contribution in [3.8, 4) is 0 Å². The number of carbonyl (C=O) groups is 2. The molecule has 0 saturated carbocycles. The van der Waals surface area contributed by atoms with Crippen molar-refractivity contribution in [2.24, 2.45) is 5.41 Å². The minimum absolute atomic E-state index is 0.118. The second-order valence-corrected chi connectivity index (χ2v) is 5.74. The SMILES string of the molecule is CC(C)(C(=O)O)[C@@H]1CCC[C@H](C(F)(F)F)N1C(=O)C(F)(F)F. The normalized spacial score (nSPS) is 24.3. The number of carboxylic acids is 1. The molecule has 0 radical (unpaired) electrons. The molecule has 1 amide bonds. The van der Waals surface area contributed by atoms with Gasteiger partial charge in [-0.05, 0) is 33.1 Å². The van der Waals surface area contributed by atoms with Crippen LogP contribution in [0.5, 0.6) is 0 Å². The third kappa shape index (κ3) is 3.46. The number of aliphatic carboxylic acids is 1. The molecule has 2 atom stereocenters. The molecular formula is C12H15F6NO3. The molecule has 1 saturated heterocycles. The lowest BCUT2D eigenvalue weighted by Gasteiger charge is -2.47. The number of nitrogens with zero attached hydrogens (tertiary/aromatic N) is 1. The van der Waals surface area contributed by atoms with Crippen LogP contribution in [-0.2, 0) is 9.59 Å². The van der Waals surface area contributed by atoms with Crippen LogP contribution in [0.4, 0.5) is 26.3 Å². The van der Waals surface area contributed by atoms with Crippen molar-refractivity contribution in [2.45, 2.75) is 57.5 Å². The summed E-state index contributed by atoms with van der Waals surface area (Å²) in [6.07, 6.45) is -11.6. The number of rotatable bonds is 2. The van der Waals surface area contributed by atoms with Gasteiger partial charge in [0.1, 0.15) is 6.04 Å². The Morgan fingerprint density at radius 1 is 1.00 bits per heavy atom. The van der Waals surface area contributed by atoms with Gasteiger partial charge in [0.15, 0.2) is 0 Å². The van der Waals surface area contributed by atoms with Crippen molar-refractivity contribution in [3.05, 3.63) is 0 Å². The standard InChI is InChI=1S/C12H15F6NO3/c1-10(2,9(21)22)6-4-3-5-7(11(13,14)15)19(6)8(20)12(16,17)18/h6-7H,3-5H2,1-2H3,(H,21,22)/t6-,7+/m0/s1. The maximum atomic E-state index is 13.0. The number of likely N-dealkylation sites (tertiary alicyclic amines) is 1. The van der Waals surface area contributed by atoms with E-state index in [4.69, 9.17) is 5.11 Å². The summed E-state index contributed by atoms with van der Waals surface area (Å²) in [6, 6.07) is -4.33. The molecule has 22 heavy (non-hydrogen) atoms. The van der Waals surface area contributed by atoms with Crippen LogP contribution < -0.4 is 0 Å². The molecule has 0 aromatic heterocycles. The van der Waals surface area contributed by atoms with Gasteiger partial charge >= 0.3 is 24.2 Å². The van der Waals surface area contributed by atoms with Crippen molar-refractivity contribution >= 4 is 11.9 Å². The maximum Gasteiger partial charge on any atom is 0.471 e. The Bertz CT molecular complexity index is 457. The third-order valence-corrected chi connectivity index (χ3v) is 3.87. The van der Waals surface area contributed by atoms with Gasteiger partial charge in [0.25, 0.3) is 0 Å². The minimum Gasteiger partial charge on any atom is -0.481 e. The number of alkyl halides is 6. The van der Waals surface area contributed by atoms with E-state index in [9.17, 15) is 35.9 Å². The monoisotopic (exact) mass is 335 g/mol. The van der Waals surface area contributed by atoms with Crippen molar-refractivity contribution < 1.29 is 41.0 Å². The molecule has 1 N–H and O–H groups in total. The minimum atomic E-state index is -5.51. The third-order valence-electron chi connectivity index (χ3n) is 3.87. The molecule has 0 aromatic rings. The summed E-state index contributed by atoms with van der Waals surface area (Å²) < 4.78 is 76.9. The highest BCUT2D eigenvalue weighted by atomic mass is 19.4. The molecule has 0 bridgehead atoms. The van der Waals surface area contributed by atoms with E-state index < -0.39 is 48.1 Å². The van der Waals surface area contributed by atoms with Crippen LogP contribution in [0.15, 0.2) is 0 Å². The lowest BCUT2D eigenvalue weighted by atomic mass is 9.77. The smallest absolute Gasteiger partial charge is 0.471 e. The van der Waals surface area contributed by atoms with E-state index in [1.807, 2.05) is 0 Å². The van der Waals surface area contributed by atoms with E-state index in [2.05, 4.69) is 0 Å². The van der Waals surface area contributed by atoms with E-state index in [1.165, 1.54) is 0 Å². The van der Waals surface area contributed by atoms with Gasteiger partial charge in [0.2, 0.25) is 0 Å². The second kappa shape index (κ2) is 5.62. The number of piperidine rings is 1. The van der Waals surface area contributed by atoms with E-state index in [0.29, 0.717) is 0 Å². The fourth-order valence-corrected chi connectivity index (χ4v) is 2.60. The van der Waals surface area contributed by atoms with E-state index in [1.54, 1.807) is 0 Å². The average Bonchev–Trinajstić information content (AvgIpc) is 2.34. The van der Waals surface area contributed by atoms with Crippen LogP contribution in [0.2, 0.25) is 0 Å². The van der Waals surface area contributed by atoms with Crippen molar-refractivity contribution in [2.75, 3.05) is 0 Å². The van der Waals surface area contributed by atoms with Gasteiger partial charge in [-0.1, -0.05) is 0 Å². The molecule has 128 valence electrons. The van der Waals surface area contributed by atoms with Gasteiger partial charge in [0, 0.05) is 6.04 Å². The van der Waals surface area contributed by atoms with Crippen LogP contribution in [0.1, 0.15) is 33.1 Å². The van der Waals surface area contributed by atoms with Crippen molar-refractivity contribution in [1.29, 1.82) is 0 Å². The molecule has 0 unspecified atom stereocenters. The van der Waals surface area contributed by atoms with Crippen LogP contribution in [0.25, 0.3) is 0 Å². The van der Waals surface area contributed by atoms with E-state index in [-0.39, 0.29) is 17.7 Å². The molecule has 1 rings (SSSR count). The molecule has 1 fully saturated rings. The quantitative estimate of drug-likeness (QED) is 0.790. The highest BCUT2D eigenvalue weighted by Crippen LogP contribution is 2.42. The Labute approximate surface area is 122 Å². The fraction of sp³-hybridized carbons (Fsp3) is 0.833. The Morgan fingerprint density at radius 2 is 1.45 bits per heavy atom. The summed E-state index contributed by atoms with van der Waals surface area (Å²) in [6.45, 7) is 2.02. The van der Waals surface area contributed by atoms with Crippen LogP contribution >= 0.6 is 0 Å². The highest BCUT2D eigenvalue weighted by molar-refractivity contribution is 5.84. The average molecular weight is 335 g/mol. The summed E-state index contributed by atoms with van der Waals surface area (Å²) >= 11 is 0. The zero-order valence-corrected chi connectivity index (χ0v) is 11.8. The summed E-state index contributed by atoms with van der Waals surface area (Å²) in [5.41, 5.74) is -1.94. The van der Waals surface area contributed by atoms with Gasteiger partial charge in [-0.2, -0.15) is 26.3 Å². The lowest BCUT2D eigenvalue weighted by Crippen LogP contribution is -2.63. The zero-order valence-electron chi connectivity index (χ0n) is 11.8. The molecule has 1 aliphatic rings. The van der Waals surface area contributed by atoms with Gasteiger partial charge < -0.3 is 10.0 Å². The maximum absolute atomic E-state index is 13.0. The number of hydrogen-bond donors (Lipinski definition) is 1. The van der Waals surface area contributed by atoms with Crippen molar-refractivity contribution in [1.82, 2.24) is 4.90 Å². The summed E-state index contributed by atoms with van der Waals surface area (Å²) in [7, 11) is 0. The van der Waals surface area contributed by atoms with Gasteiger partial charge in [-0.25, -0.2) is 0 Å². The van der Waals surface area contributed by atoms with E-state index in [0.717, 1.165) is 13.8 Å². The topological polar surface area (TPSA) is 57.6 Å². The molecule has 0 spiro atoms. The summed E-state index contributed by atoms with van der Waals surface area (Å²) in [5.74, 6) is -4.23. The molecule has 1 aliphatic heterocycles. The Kier molecular flexibility index (Phi) is 4.74. The molecule has 4 nitrogen and oxygen atoms in total. The van der Waals surface area contributed by atoms with Crippen LogP contribution in [-0.4, -0.2) is 46.3 Å². The molecule has 0 aromatic carbocycles. The predicted molar refractivity (Wildman–Crippen MR) is 61.8 cm³/mol. The molecule has 10 heteroatoms. The van der Waals surface area contributed by atoms with Crippen molar-refractivity contribution in [3.63, 3.8) is 0 Å². The Morgan fingerprint density at radius 3 is 1.82 bits per heavy atom. The Balaban J connectivity index is 3.36. The summed E-state index contributed by atoms with van der Waals surface area (Å²) in [5, 5.41) is 9.08. The van der Waals surface area contributed by atoms with Crippen LogP contribution in [0.3, 0.4) is 0 Å². The number of halogens is 6. The predicted octanol–water partition coefficient (Wildman–Crippen LogP) is 2.97. The first-order chi connectivity index (χ1) is 9.70. The first kappa shape index (κ1) is 18.6. The first-order valence-electron chi connectivity index (χ1n) is 6.40. The van der Waals surface area contributed by atoms with E-state index >= 15 is 0 Å². The number of hydrogen-bond acceptors (Lipinski definition) is 2. The lowest BCUT2D eigenvalue weighted by molar-refractivity contribution is -0.231.